The number of hydrogen-bond donors (Lipinski definition) is 1. The minimum atomic E-state index is -2.97. The summed E-state index contributed by atoms with van der Waals surface area (Å²) in [6.45, 7) is 2.04. The summed E-state index contributed by atoms with van der Waals surface area (Å²) in [4.78, 5) is 0. The third-order valence-corrected chi connectivity index (χ3v) is 5.09. The molecule has 5 heteroatoms. The van der Waals surface area contributed by atoms with E-state index >= 15 is 0 Å². The first-order valence-electron chi connectivity index (χ1n) is 6.14. The minimum absolute atomic E-state index is 0.130. The van der Waals surface area contributed by atoms with Crippen molar-refractivity contribution in [2.75, 3.05) is 18.1 Å². The van der Waals surface area contributed by atoms with E-state index in [0.717, 1.165) is 11.3 Å². The molecule has 1 unspecified atom stereocenters. The van der Waals surface area contributed by atoms with Crippen molar-refractivity contribution in [3.8, 4) is 5.75 Å². The summed E-state index contributed by atoms with van der Waals surface area (Å²) in [5.41, 5.74) is 6.73. The maximum atomic E-state index is 11.5. The van der Waals surface area contributed by atoms with Crippen LogP contribution in [0.3, 0.4) is 0 Å². The Balaban J connectivity index is 2.07. The maximum Gasteiger partial charge on any atom is 0.150 e. The second-order valence-electron chi connectivity index (χ2n) is 4.92. The molecule has 0 aromatic heterocycles. The zero-order valence-electron chi connectivity index (χ0n) is 10.6. The Morgan fingerprint density at radius 1 is 1.39 bits per heavy atom. The van der Waals surface area contributed by atoms with E-state index in [0.29, 0.717) is 19.4 Å². The van der Waals surface area contributed by atoms with E-state index < -0.39 is 15.4 Å². The predicted molar refractivity (Wildman–Crippen MR) is 71.5 cm³/mol. The van der Waals surface area contributed by atoms with E-state index in [1.165, 1.54) is 0 Å². The number of para-hydroxylation sites is 1. The summed E-state index contributed by atoms with van der Waals surface area (Å²) in [7, 11) is -2.97. The molecule has 1 atom stereocenters. The predicted octanol–water partition coefficient (Wildman–Crippen LogP) is 1.14. The number of benzene rings is 1. The minimum Gasteiger partial charge on any atom is -0.491 e. The summed E-state index contributed by atoms with van der Waals surface area (Å²) in [6, 6.07) is 7.75. The van der Waals surface area contributed by atoms with Crippen molar-refractivity contribution in [2.45, 2.75) is 25.3 Å². The molecular formula is C13H19NO3S. The van der Waals surface area contributed by atoms with Gasteiger partial charge in [0.05, 0.1) is 11.3 Å². The molecule has 1 aliphatic rings. The van der Waals surface area contributed by atoms with Crippen LogP contribution in [0.2, 0.25) is 0 Å². The third-order valence-electron chi connectivity index (χ3n) is 3.38. The molecule has 0 bridgehead atoms. The molecule has 0 fully saturated rings. The van der Waals surface area contributed by atoms with Gasteiger partial charge >= 0.3 is 0 Å². The first-order valence-corrected chi connectivity index (χ1v) is 7.96. The van der Waals surface area contributed by atoms with Crippen molar-refractivity contribution < 1.29 is 13.2 Å². The fourth-order valence-electron chi connectivity index (χ4n) is 2.11. The first-order chi connectivity index (χ1) is 8.44. The van der Waals surface area contributed by atoms with Gasteiger partial charge in [0.25, 0.3) is 0 Å². The summed E-state index contributed by atoms with van der Waals surface area (Å²) >= 11 is 0. The van der Waals surface area contributed by atoms with Gasteiger partial charge < -0.3 is 10.5 Å². The zero-order chi connectivity index (χ0) is 13.2. The standard InChI is InChI=1S/C13H19NO3S/c1-2-18(15,16)8-7-13(14)9-11-5-3-4-6-12(11)17-10-13/h3-6H,2,7-10,14H2,1H3. The van der Waals surface area contributed by atoms with Crippen LogP contribution in [-0.4, -0.2) is 32.1 Å². The lowest BCUT2D eigenvalue weighted by Crippen LogP contribution is -2.51. The van der Waals surface area contributed by atoms with Crippen molar-refractivity contribution in [3.63, 3.8) is 0 Å². The van der Waals surface area contributed by atoms with Gasteiger partial charge in [0.2, 0.25) is 0 Å². The van der Waals surface area contributed by atoms with Crippen LogP contribution in [0.5, 0.6) is 5.75 Å². The average Bonchev–Trinajstić information content (AvgIpc) is 2.37. The highest BCUT2D eigenvalue weighted by atomic mass is 32.2. The number of ether oxygens (including phenoxy) is 1. The van der Waals surface area contributed by atoms with Crippen LogP contribution in [0.15, 0.2) is 24.3 Å². The van der Waals surface area contributed by atoms with Crippen molar-refractivity contribution >= 4 is 9.84 Å². The van der Waals surface area contributed by atoms with E-state index in [1.54, 1.807) is 6.92 Å². The summed E-state index contributed by atoms with van der Waals surface area (Å²) in [6.07, 6.45) is 1.11. The van der Waals surface area contributed by atoms with Gasteiger partial charge in [-0.05, 0) is 24.5 Å². The van der Waals surface area contributed by atoms with Gasteiger partial charge in [0.1, 0.15) is 22.2 Å². The fraction of sp³-hybridized carbons (Fsp3) is 0.538. The number of nitrogens with two attached hydrogens (primary N) is 1. The lowest BCUT2D eigenvalue weighted by atomic mass is 9.88. The fourth-order valence-corrected chi connectivity index (χ4v) is 3.11. The van der Waals surface area contributed by atoms with Crippen LogP contribution in [0.25, 0.3) is 0 Å². The smallest absolute Gasteiger partial charge is 0.150 e. The monoisotopic (exact) mass is 269 g/mol. The van der Waals surface area contributed by atoms with Crippen molar-refractivity contribution in [1.29, 1.82) is 0 Å². The largest absolute Gasteiger partial charge is 0.491 e. The van der Waals surface area contributed by atoms with Crippen LogP contribution in [0.1, 0.15) is 18.9 Å². The van der Waals surface area contributed by atoms with Gasteiger partial charge in [-0.3, -0.25) is 0 Å². The van der Waals surface area contributed by atoms with Gasteiger partial charge in [-0.2, -0.15) is 0 Å². The van der Waals surface area contributed by atoms with Gasteiger partial charge in [-0.1, -0.05) is 25.1 Å². The van der Waals surface area contributed by atoms with Gasteiger partial charge in [0, 0.05) is 5.75 Å². The number of fused-ring (bicyclic) bond motifs is 1. The summed E-state index contributed by atoms with van der Waals surface area (Å²) in [5.74, 6) is 1.16. The zero-order valence-corrected chi connectivity index (χ0v) is 11.4. The number of hydrogen-bond acceptors (Lipinski definition) is 4. The SMILES string of the molecule is CCS(=O)(=O)CCC1(N)COc2ccccc2C1. The highest BCUT2D eigenvalue weighted by Gasteiger charge is 2.32. The Bertz CT molecular complexity index is 527. The Hall–Kier alpha value is -1.07. The van der Waals surface area contributed by atoms with Crippen LogP contribution in [0.4, 0.5) is 0 Å². The summed E-state index contributed by atoms with van der Waals surface area (Å²) < 4.78 is 28.7. The molecule has 100 valence electrons. The second-order valence-corrected chi connectivity index (χ2v) is 7.39. The van der Waals surface area contributed by atoms with Crippen molar-refractivity contribution in [3.05, 3.63) is 29.8 Å². The molecule has 0 aliphatic carbocycles. The van der Waals surface area contributed by atoms with E-state index in [2.05, 4.69) is 0 Å². The van der Waals surface area contributed by atoms with E-state index in [9.17, 15) is 8.42 Å². The molecular weight excluding hydrogens is 250 g/mol. The van der Waals surface area contributed by atoms with Crippen molar-refractivity contribution in [1.82, 2.24) is 0 Å². The quantitative estimate of drug-likeness (QED) is 0.890. The molecule has 4 nitrogen and oxygen atoms in total. The average molecular weight is 269 g/mol. The molecule has 1 aromatic carbocycles. The molecule has 18 heavy (non-hydrogen) atoms. The summed E-state index contributed by atoms with van der Waals surface area (Å²) in [5, 5.41) is 0. The molecule has 2 rings (SSSR count). The number of sulfone groups is 1. The second kappa shape index (κ2) is 4.90. The topological polar surface area (TPSA) is 69.4 Å². The van der Waals surface area contributed by atoms with E-state index in [4.69, 9.17) is 10.5 Å². The maximum absolute atomic E-state index is 11.5. The van der Waals surface area contributed by atoms with E-state index in [-0.39, 0.29) is 11.5 Å². The molecule has 2 N–H and O–H groups in total. The van der Waals surface area contributed by atoms with Crippen LogP contribution in [-0.2, 0) is 16.3 Å². The molecule has 1 aliphatic heterocycles. The Morgan fingerprint density at radius 3 is 2.83 bits per heavy atom. The highest BCUT2D eigenvalue weighted by Crippen LogP contribution is 2.29. The van der Waals surface area contributed by atoms with Crippen molar-refractivity contribution in [2.24, 2.45) is 5.73 Å². The van der Waals surface area contributed by atoms with E-state index in [1.807, 2.05) is 24.3 Å². The van der Waals surface area contributed by atoms with Crippen LogP contribution in [0, 0.1) is 0 Å². The normalized spacial score (nSPS) is 23.2. The molecule has 1 aromatic rings. The Labute approximate surface area is 108 Å². The first kappa shape index (κ1) is 13.4. The lowest BCUT2D eigenvalue weighted by Gasteiger charge is -2.34. The third kappa shape index (κ3) is 3.03. The van der Waals surface area contributed by atoms with Crippen LogP contribution >= 0.6 is 0 Å². The number of rotatable bonds is 4. The lowest BCUT2D eigenvalue weighted by molar-refractivity contribution is 0.187. The van der Waals surface area contributed by atoms with Crippen LogP contribution < -0.4 is 10.5 Å². The Kier molecular flexibility index (Phi) is 3.64. The Morgan fingerprint density at radius 2 is 2.11 bits per heavy atom. The molecule has 0 amide bonds. The van der Waals surface area contributed by atoms with Gasteiger partial charge in [0.15, 0.2) is 0 Å². The molecule has 0 radical (unpaired) electrons. The molecule has 0 saturated carbocycles. The molecule has 1 heterocycles. The molecule has 0 spiro atoms. The van der Waals surface area contributed by atoms with Gasteiger partial charge in [-0.25, -0.2) is 8.42 Å². The van der Waals surface area contributed by atoms with Gasteiger partial charge in [-0.15, -0.1) is 0 Å². The highest BCUT2D eigenvalue weighted by molar-refractivity contribution is 7.91. The molecule has 0 saturated heterocycles.